The third kappa shape index (κ3) is 4.42. The molecule has 0 spiro atoms. The van der Waals surface area contributed by atoms with Crippen LogP contribution in [0.25, 0.3) is 6.08 Å². The number of hydrogen-bond donors (Lipinski definition) is 0. The molecule has 5 nitrogen and oxygen atoms in total. The van der Waals surface area contributed by atoms with Gasteiger partial charge in [0.2, 0.25) is 0 Å². The molecule has 120 valence electrons. The maximum absolute atomic E-state index is 12.1. The van der Waals surface area contributed by atoms with E-state index >= 15 is 0 Å². The van der Waals surface area contributed by atoms with Crippen molar-refractivity contribution in [1.82, 2.24) is 0 Å². The SMILES string of the molecule is CCOC(=O)C(OS(C)(=O)=O)c1ccccc1C=C1CCC1. The molecule has 1 atom stereocenters. The molecule has 0 bridgehead atoms. The van der Waals surface area contributed by atoms with E-state index in [4.69, 9.17) is 8.92 Å². The van der Waals surface area contributed by atoms with Crippen LogP contribution in [0.3, 0.4) is 0 Å². The maximum Gasteiger partial charge on any atom is 0.341 e. The highest BCUT2D eigenvalue weighted by Crippen LogP contribution is 2.31. The van der Waals surface area contributed by atoms with E-state index in [0.717, 1.165) is 31.1 Å². The number of allylic oxidation sites excluding steroid dienone is 1. The van der Waals surface area contributed by atoms with Crippen molar-refractivity contribution in [3.8, 4) is 0 Å². The lowest BCUT2D eigenvalue weighted by Crippen LogP contribution is -2.22. The Kier molecular flexibility index (Phi) is 5.37. The van der Waals surface area contributed by atoms with Gasteiger partial charge in [0.25, 0.3) is 10.1 Å². The summed E-state index contributed by atoms with van der Waals surface area (Å²) in [6.45, 7) is 1.82. The molecule has 0 aliphatic heterocycles. The first-order valence-corrected chi connectivity index (χ1v) is 9.05. The van der Waals surface area contributed by atoms with Gasteiger partial charge in [-0.25, -0.2) is 4.79 Å². The number of carbonyl (C=O) groups is 1. The van der Waals surface area contributed by atoms with Gasteiger partial charge in [0.15, 0.2) is 6.10 Å². The summed E-state index contributed by atoms with van der Waals surface area (Å²) in [6, 6.07) is 7.13. The topological polar surface area (TPSA) is 69.7 Å². The standard InChI is InChI=1S/C16H20O5S/c1-3-20-16(17)15(21-22(2,18)19)14-10-5-4-9-13(14)11-12-7-6-8-12/h4-5,9-11,15H,3,6-8H2,1-2H3. The Morgan fingerprint density at radius 2 is 2.00 bits per heavy atom. The zero-order chi connectivity index (χ0) is 16.2. The molecule has 0 aromatic heterocycles. The molecule has 0 radical (unpaired) electrons. The average Bonchev–Trinajstić information content (AvgIpc) is 2.40. The van der Waals surface area contributed by atoms with Gasteiger partial charge in [-0.3, -0.25) is 4.18 Å². The van der Waals surface area contributed by atoms with Crippen molar-refractivity contribution in [3.63, 3.8) is 0 Å². The molecular weight excluding hydrogens is 304 g/mol. The van der Waals surface area contributed by atoms with E-state index < -0.39 is 22.2 Å². The van der Waals surface area contributed by atoms with E-state index in [2.05, 4.69) is 0 Å². The van der Waals surface area contributed by atoms with Gasteiger partial charge in [0, 0.05) is 5.56 Å². The number of rotatable bonds is 6. The van der Waals surface area contributed by atoms with E-state index in [1.54, 1.807) is 19.1 Å². The highest BCUT2D eigenvalue weighted by Gasteiger charge is 2.29. The molecule has 1 aliphatic carbocycles. The van der Waals surface area contributed by atoms with Crippen molar-refractivity contribution in [2.75, 3.05) is 12.9 Å². The van der Waals surface area contributed by atoms with Crippen molar-refractivity contribution in [2.45, 2.75) is 32.3 Å². The molecule has 1 aliphatic rings. The maximum atomic E-state index is 12.1. The lowest BCUT2D eigenvalue weighted by atomic mass is 9.89. The van der Waals surface area contributed by atoms with Crippen molar-refractivity contribution in [1.29, 1.82) is 0 Å². The minimum absolute atomic E-state index is 0.158. The van der Waals surface area contributed by atoms with E-state index in [1.165, 1.54) is 5.57 Å². The first kappa shape index (κ1) is 16.7. The number of benzene rings is 1. The fourth-order valence-electron chi connectivity index (χ4n) is 2.24. The van der Waals surface area contributed by atoms with Gasteiger partial charge in [0.05, 0.1) is 12.9 Å². The molecule has 6 heteroatoms. The Labute approximate surface area is 131 Å². The molecule has 22 heavy (non-hydrogen) atoms. The van der Waals surface area contributed by atoms with Gasteiger partial charge in [-0.15, -0.1) is 0 Å². The van der Waals surface area contributed by atoms with Gasteiger partial charge in [-0.05, 0) is 31.7 Å². The molecule has 1 aromatic carbocycles. The Morgan fingerprint density at radius 3 is 2.55 bits per heavy atom. The molecule has 1 saturated carbocycles. The highest BCUT2D eigenvalue weighted by atomic mass is 32.2. The van der Waals surface area contributed by atoms with E-state index in [-0.39, 0.29) is 6.61 Å². The fourth-order valence-corrected chi connectivity index (χ4v) is 2.77. The molecule has 0 heterocycles. The van der Waals surface area contributed by atoms with Crippen LogP contribution in [0.4, 0.5) is 0 Å². The van der Waals surface area contributed by atoms with E-state index in [9.17, 15) is 13.2 Å². The summed E-state index contributed by atoms with van der Waals surface area (Å²) < 4.78 is 32.9. The number of carbonyl (C=O) groups excluding carboxylic acids is 1. The smallest absolute Gasteiger partial charge is 0.341 e. The lowest BCUT2D eigenvalue weighted by Gasteiger charge is -2.20. The minimum Gasteiger partial charge on any atom is -0.464 e. The molecule has 0 saturated heterocycles. The van der Waals surface area contributed by atoms with E-state index in [0.29, 0.717) is 5.56 Å². The molecule has 0 N–H and O–H groups in total. The molecular formula is C16H20O5S. The number of hydrogen-bond acceptors (Lipinski definition) is 5. The zero-order valence-corrected chi connectivity index (χ0v) is 13.6. The molecule has 2 rings (SSSR count). The molecule has 1 fully saturated rings. The van der Waals surface area contributed by atoms with Crippen LogP contribution in [0.5, 0.6) is 0 Å². The normalized spacial score (nSPS) is 15.8. The van der Waals surface area contributed by atoms with Crippen molar-refractivity contribution >= 4 is 22.2 Å². The average molecular weight is 324 g/mol. The predicted molar refractivity (Wildman–Crippen MR) is 83.6 cm³/mol. The summed E-state index contributed by atoms with van der Waals surface area (Å²) in [5.41, 5.74) is 2.58. The Bertz CT molecular complexity index is 670. The zero-order valence-electron chi connectivity index (χ0n) is 12.7. The van der Waals surface area contributed by atoms with Crippen LogP contribution in [-0.2, 0) is 23.8 Å². The van der Waals surface area contributed by atoms with Crippen LogP contribution in [0.15, 0.2) is 29.8 Å². The van der Waals surface area contributed by atoms with Gasteiger partial charge in [-0.2, -0.15) is 8.42 Å². The summed E-state index contributed by atoms with van der Waals surface area (Å²) in [5, 5.41) is 0. The monoisotopic (exact) mass is 324 g/mol. The van der Waals surface area contributed by atoms with Gasteiger partial charge in [0.1, 0.15) is 0 Å². The summed E-state index contributed by atoms with van der Waals surface area (Å²) in [4.78, 5) is 12.1. The Morgan fingerprint density at radius 1 is 1.32 bits per heavy atom. The number of esters is 1. The fraction of sp³-hybridized carbons (Fsp3) is 0.438. The summed E-state index contributed by atoms with van der Waals surface area (Å²) >= 11 is 0. The number of ether oxygens (including phenoxy) is 1. The Hall–Kier alpha value is -1.66. The van der Waals surface area contributed by atoms with Crippen molar-refractivity contribution in [3.05, 3.63) is 41.0 Å². The van der Waals surface area contributed by atoms with Crippen LogP contribution in [0.1, 0.15) is 43.4 Å². The van der Waals surface area contributed by atoms with Gasteiger partial charge >= 0.3 is 5.97 Å². The first-order valence-electron chi connectivity index (χ1n) is 7.24. The summed E-state index contributed by atoms with van der Waals surface area (Å²) in [6.07, 6.45) is 4.87. The second-order valence-corrected chi connectivity index (χ2v) is 6.82. The van der Waals surface area contributed by atoms with Crippen molar-refractivity contribution < 1.29 is 22.1 Å². The molecule has 1 aromatic rings. The lowest BCUT2D eigenvalue weighted by molar-refractivity contribution is -0.151. The summed E-state index contributed by atoms with van der Waals surface area (Å²) in [5.74, 6) is -0.701. The largest absolute Gasteiger partial charge is 0.464 e. The second-order valence-electron chi connectivity index (χ2n) is 5.22. The van der Waals surface area contributed by atoms with Gasteiger partial charge in [-0.1, -0.05) is 35.9 Å². The third-order valence-corrected chi connectivity index (χ3v) is 3.95. The highest BCUT2D eigenvalue weighted by molar-refractivity contribution is 7.86. The second kappa shape index (κ2) is 7.07. The van der Waals surface area contributed by atoms with Crippen LogP contribution in [0.2, 0.25) is 0 Å². The van der Waals surface area contributed by atoms with E-state index in [1.807, 2.05) is 18.2 Å². The first-order chi connectivity index (χ1) is 10.4. The van der Waals surface area contributed by atoms with Crippen molar-refractivity contribution in [2.24, 2.45) is 0 Å². The summed E-state index contributed by atoms with van der Waals surface area (Å²) in [7, 11) is -3.79. The van der Waals surface area contributed by atoms with Crippen LogP contribution in [-0.4, -0.2) is 27.2 Å². The molecule has 0 amide bonds. The van der Waals surface area contributed by atoms with Crippen LogP contribution < -0.4 is 0 Å². The predicted octanol–water partition coefficient (Wildman–Crippen LogP) is 2.83. The van der Waals surface area contributed by atoms with Crippen LogP contribution >= 0.6 is 0 Å². The quantitative estimate of drug-likeness (QED) is 0.594. The van der Waals surface area contributed by atoms with Gasteiger partial charge < -0.3 is 4.74 Å². The minimum atomic E-state index is -3.79. The Balaban J connectivity index is 2.40. The molecule has 1 unspecified atom stereocenters. The van der Waals surface area contributed by atoms with Crippen LogP contribution in [0, 0.1) is 0 Å². The third-order valence-electron chi connectivity index (χ3n) is 3.41.